The van der Waals surface area contributed by atoms with E-state index in [1.165, 1.54) is 0 Å². The van der Waals surface area contributed by atoms with Crippen molar-refractivity contribution >= 4 is 55.4 Å². The summed E-state index contributed by atoms with van der Waals surface area (Å²) in [5.41, 5.74) is 6.47. The Kier molecular flexibility index (Phi) is 5.08. The molecule has 1 amide bonds. The summed E-state index contributed by atoms with van der Waals surface area (Å²) in [6, 6.07) is 21.2. The molecule has 168 valence electrons. The smallest absolute Gasteiger partial charge is 0.244 e. The average molecular weight is 470 g/mol. The number of rotatable bonds is 6. The zero-order valence-electron chi connectivity index (χ0n) is 17.9. The van der Waals surface area contributed by atoms with E-state index in [4.69, 9.17) is 9.47 Å². The first-order chi connectivity index (χ1) is 16.7. The number of benzene rings is 3. The lowest BCUT2D eigenvalue weighted by Gasteiger charge is -2.08. The van der Waals surface area contributed by atoms with Gasteiger partial charge in [-0.1, -0.05) is 41.7 Å². The Bertz CT molecular complexity index is 1520. The lowest BCUT2D eigenvalue weighted by molar-refractivity contribution is -0.116. The maximum atomic E-state index is 12.8. The summed E-state index contributed by atoms with van der Waals surface area (Å²) in [4.78, 5) is 17.3. The van der Waals surface area contributed by atoms with Gasteiger partial charge in [0.05, 0.1) is 16.4 Å². The van der Waals surface area contributed by atoms with E-state index in [-0.39, 0.29) is 19.2 Å². The second-order valence-corrected chi connectivity index (χ2v) is 8.73. The lowest BCUT2D eigenvalue weighted by atomic mass is 10.2. The Hall–Kier alpha value is -4.37. The predicted molar refractivity (Wildman–Crippen MR) is 134 cm³/mol. The van der Waals surface area contributed by atoms with E-state index in [1.54, 1.807) is 35.8 Å². The Morgan fingerprint density at radius 1 is 1.09 bits per heavy atom. The number of ether oxygens (including phenoxy) is 2. The minimum atomic E-state index is -0.143. The van der Waals surface area contributed by atoms with Crippen molar-refractivity contribution in [3.8, 4) is 11.5 Å². The van der Waals surface area contributed by atoms with E-state index in [2.05, 4.69) is 20.8 Å². The molecule has 8 nitrogen and oxygen atoms in total. The SMILES string of the molecule is O=C(Cn1cc(/C=N\Nc2nc3ccccc3s2)c2ccccc21)Nc1ccc2c(c1)OCO2. The van der Waals surface area contributed by atoms with E-state index in [1.807, 2.05) is 59.3 Å². The molecule has 9 heteroatoms. The van der Waals surface area contributed by atoms with E-state index >= 15 is 0 Å². The van der Waals surface area contributed by atoms with E-state index in [9.17, 15) is 4.79 Å². The van der Waals surface area contributed by atoms with E-state index < -0.39 is 0 Å². The molecule has 0 spiro atoms. The van der Waals surface area contributed by atoms with Crippen molar-refractivity contribution in [3.05, 3.63) is 78.5 Å². The molecular formula is C25H19N5O3S. The summed E-state index contributed by atoms with van der Waals surface area (Å²) in [5.74, 6) is 1.16. The lowest BCUT2D eigenvalue weighted by Crippen LogP contribution is -2.18. The number of hydrogen-bond acceptors (Lipinski definition) is 7. The molecule has 34 heavy (non-hydrogen) atoms. The maximum Gasteiger partial charge on any atom is 0.244 e. The number of carbonyl (C=O) groups excluding carboxylic acids is 1. The summed E-state index contributed by atoms with van der Waals surface area (Å²) in [7, 11) is 0. The van der Waals surface area contributed by atoms with Crippen molar-refractivity contribution in [2.45, 2.75) is 6.54 Å². The highest BCUT2D eigenvalue weighted by Gasteiger charge is 2.15. The van der Waals surface area contributed by atoms with Crippen LogP contribution in [0.4, 0.5) is 10.8 Å². The van der Waals surface area contributed by atoms with E-state index in [0.29, 0.717) is 17.2 Å². The van der Waals surface area contributed by atoms with Crippen LogP contribution in [0.1, 0.15) is 5.56 Å². The second-order valence-electron chi connectivity index (χ2n) is 7.70. The standard InChI is InChI=1S/C25H19N5O3S/c31-24(27-17-9-10-21-22(11-17)33-15-32-21)14-30-13-16(18-5-1-3-7-20(18)30)12-26-29-25-28-19-6-2-4-8-23(19)34-25/h1-13H,14-15H2,(H,27,31)(H,28,29)/b26-12-. The maximum absolute atomic E-state index is 12.8. The molecule has 0 fully saturated rings. The summed E-state index contributed by atoms with van der Waals surface area (Å²) in [6.07, 6.45) is 3.67. The molecule has 0 saturated heterocycles. The number of nitrogens with zero attached hydrogens (tertiary/aromatic N) is 3. The molecule has 5 aromatic rings. The number of hydrazone groups is 1. The van der Waals surface area contributed by atoms with Gasteiger partial charge in [-0.05, 0) is 30.3 Å². The van der Waals surface area contributed by atoms with Crippen molar-refractivity contribution in [2.75, 3.05) is 17.5 Å². The molecule has 0 bridgehead atoms. The molecule has 0 radical (unpaired) electrons. The van der Waals surface area contributed by atoms with Gasteiger partial charge in [0, 0.05) is 34.4 Å². The molecule has 3 aromatic carbocycles. The molecule has 1 aliphatic rings. The van der Waals surface area contributed by atoms with Gasteiger partial charge in [-0.3, -0.25) is 10.2 Å². The van der Waals surface area contributed by atoms with E-state index in [0.717, 1.165) is 31.8 Å². The molecule has 0 unspecified atom stereocenters. The monoisotopic (exact) mass is 469 g/mol. The normalized spacial score (nSPS) is 12.6. The third-order valence-corrected chi connectivity index (χ3v) is 6.39. The minimum Gasteiger partial charge on any atom is -0.454 e. The number of thiazole rings is 1. The van der Waals surface area contributed by atoms with Gasteiger partial charge >= 0.3 is 0 Å². The first-order valence-electron chi connectivity index (χ1n) is 10.6. The Labute approximate surface area is 198 Å². The Morgan fingerprint density at radius 3 is 2.88 bits per heavy atom. The average Bonchev–Trinajstić information content (AvgIpc) is 3.56. The molecule has 3 heterocycles. The van der Waals surface area contributed by atoms with Crippen LogP contribution in [-0.2, 0) is 11.3 Å². The van der Waals surface area contributed by atoms with Crippen LogP contribution in [0.5, 0.6) is 11.5 Å². The third kappa shape index (κ3) is 3.93. The van der Waals surface area contributed by atoms with Crippen LogP contribution >= 0.6 is 11.3 Å². The summed E-state index contributed by atoms with van der Waals surface area (Å²) < 4.78 is 13.7. The van der Waals surface area contributed by atoms with Crippen molar-refractivity contribution < 1.29 is 14.3 Å². The predicted octanol–water partition coefficient (Wildman–Crippen LogP) is 5.06. The Balaban J connectivity index is 1.19. The molecule has 2 aromatic heterocycles. The minimum absolute atomic E-state index is 0.143. The third-order valence-electron chi connectivity index (χ3n) is 5.45. The fourth-order valence-corrected chi connectivity index (χ4v) is 4.73. The first kappa shape index (κ1) is 20.3. The van der Waals surface area contributed by atoms with Gasteiger partial charge in [-0.15, -0.1) is 0 Å². The molecule has 1 aliphatic heterocycles. The second kappa shape index (κ2) is 8.53. The van der Waals surface area contributed by atoms with Gasteiger partial charge in [0.25, 0.3) is 0 Å². The van der Waals surface area contributed by atoms with Crippen molar-refractivity contribution in [2.24, 2.45) is 5.10 Å². The number of fused-ring (bicyclic) bond motifs is 3. The van der Waals surface area contributed by atoms with Crippen LogP contribution in [0.25, 0.3) is 21.1 Å². The number of carbonyl (C=O) groups is 1. The number of para-hydroxylation sites is 2. The molecule has 2 N–H and O–H groups in total. The van der Waals surface area contributed by atoms with Crippen molar-refractivity contribution in [3.63, 3.8) is 0 Å². The molecular weight excluding hydrogens is 450 g/mol. The summed E-state index contributed by atoms with van der Waals surface area (Å²) in [5, 5.41) is 9.04. The molecule has 0 atom stereocenters. The van der Waals surface area contributed by atoms with Crippen LogP contribution in [-0.4, -0.2) is 28.5 Å². The van der Waals surface area contributed by atoms with Gasteiger partial charge in [0.1, 0.15) is 6.54 Å². The number of hydrogen-bond donors (Lipinski definition) is 2. The quantitative estimate of drug-likeness (QED) is 0.268. The van der Waals surface area contributed by atoms with Crippen LogP contribution in [0, 0.1) is 0 Å². The fraction of sp³-hybridized carbons (Fsp3) is 0.0800. The number of aromatic nitrogens is 2. The largest absolute Gasteiger partial charge is 0.454 e. The molecule has 6 rings (SSSR count). The van der Waals surface area contributed by atoms with Crippen LogP contribution in [0.2, 0.25) is 0 Å². The number of anilines is 2. The topological polar surface area (TPSA) is 89.8 Å². The highest BCUT2D eigenvalue weighted by atomic mass is 32.1. The number of amides is 1. The van der Waals surface area contributed by atoms with Crippen molar-refractivity contribution in [1.82, 2.24) is 9.55 Å². The van der Waals surface area contributed by atoms with Crippen molar-refractivity contribution in [1.29, 1.82) is 0 Å². The summed E-state index contributed by atoms with van der Waals surface area (Å²) >= 11 is 1.55. The van der Waals surface area contributed by atoms with Crippen LogP contribution in [0.15, 0.2) is 78.0 Å². The zero-order chi connectivity index (χ0) is 22.9. The van der Waals surface area contributed by atoms with Crippen LogP contribution in [0.3, 0.4) is 0 Å². The van der Waals surface area contributed by atoms with Gasteiger partial charge < -0.3 is 19.4 Å². The Morgan fingerprint density at radius 2 is 1.94 bits per heavy atom. The highest BCUT2D eigenvalue weighted by molar-refractivity contribution is 7.22. The molecule has 0 aliphatic carbocycles. The molecule has 0 saturated carbocycles. The van der Waals surface area contributed by atoms with Crippen LogP contribution < -0.4 is 20.2 Å². The highest BCUT2D eigenvalue weighted by Crippen LogP contribution is 2.34. The first-order valence-corrected chi connectivity index (χ1v) is 11.5. The number of nitrogens with one attached hydrogen (secondary N) is 2. The van der Waals surface area contributed by atoms with Gasteiger partial charge in [0.2, 0.25) is 17.8 Å². The van der Waals surface area contributed by atoms with Gasteiger partial charge in [-0.25, -0.2) is 4.98 Å². The summed E-state index contributed by atoms with van der Waals surface area (Å²) in [6.45, 7) is 0.355. The van der Waals surface area contributed by atoms with Gasteiger partial charge in [-0.2, -0.15) is 5.10 Å². The van der Waals surface area contributed by atoms with Gasteiger partial charge in [0.15, 0.2) is 11.5 Å². The fourth-order valence-electron chi connectivity index (χ4n) is 3.92. The zero-order valence-corrected chi connectivity index (χ0v) is 18.7.